The van der Waals surface area contributed by atoms with E-state index in [4.69, 9.17) is 10.7 Å². The van der Waals surface area contributed by atoms with Gasteiger partial charge in [-0.15, -0.1) is 0 Å². The summed E-state index contributed by atoms with van der Waals surface area (Å²) in [6, 6.07) is 0.634. The van der Waals surface area contributed by atoms with Gasteiger partial charge in [0, 0.05) is 15.2 Å². The summed E-state index contributed by atoms with van der Waals surface area (Å²) in [5.41, 5.74) is -1.10. The van der Waals surface area contributed by atoms with Gasteiger partial charge in [-0.3, -0.25) is 0 Å². The summed E-state index contributed by atoms with van der Waals surface area (Å²) in [6.07, 6.45) is -0.619. The lowest BCUT2D eigenvalue weighted by Crippen LogP contribution is -2.16. The van der Waals surface area contributed by atoms with Crippen molar-refractivity contribution in [3.05, 3.63) is 27.7 Å². The van der Waals surface area contributed by atoms with E-state index in [0.29, 0.717) is 6.07 Å². The molecule has 0 aliphatic rings. The first-order valence-electron chi connectivity index (χ1n) is 4.88. The zero-order chi connectivity index (χ0) is 15.0. The van der Waals surface area contributed by atoms with Crippen molar-refractivity contribution in [2.45, 2.75) is 24.8 Å². The Morgan fingerprint density at radius 2 is 1.95 bits per heavy atom. The smallest absolute Gasteiger partial charge is 0.344 e. The molecule has 0 saturated heterocycles. The molecule has 0 bridgehead atoms. The van der Waals surface area contributed by atoms with Gasteiger partial charge >= 0.3 is 5.97 Å². The van der Waals surface area contributed by atoms with Gasteiger partial charge in [-0.1, -0.05) is 0 Å². The zero-order valence-corrected chi connectivity index (χ0v) is 12.9. The maximum Gasteiger partial charge on any atom is 0.344 e. The van der Waals surface area contributed by atoms with E-state index in [0.717, 1.165) is 0 Å². The molecule has 0 heterocycles. The molecule has 1 aromatic carbocycles. The Bertz CT molecular complexity index is 631. The van der Waals surface area contributed by atoms with Crippen molar-refractivity contribution in [1.29, 1.82) is 0 Å². The number of rotatable bonds is 3. The Labute approximate surface area is 121 Å². The Hall–Kier alpha value is -0.730. The molecule has 0 radical (unpaired) electrons. The number of carbonyl (C=O) groups is 1. The highest BCUT2D eigenvalue weighted by atomic mass is 79.9. The van der Waals surface area contributed by atoms with E-state index < -0.39 is 47.7 Å². The van der Waals surface area contributed by atoms with E-state index in [1.165, 1.54) is 13.8 Å². The summed E-state index contributed by atoms with van der Waals surface area (Å²) in [6.45, 7) is 2.96. The molecule has 0 aliphatic heterocycles. The molecule has 0 saturated carbocycles. The first kappa shape index (κ1) is 16.3. The molecule has 0 aliphatic carbocycles. The van der Waals surface area contributed by atoms with Crippen molar-refractivity contribution in [1.82, 2.24) is 0 Å². The minimum atomic E-state index is -4.49. The van der Waals surface area contributed by atoms with Gasteiger partial charge < -0.3 is 4.74 Å². The molecule has 1 rings (SSSR count). The molecule has 4 nitrogen and oxygen atoms in total. The summed E-state index contributed by atoms with van der Waals surface area (Å²) in [5, 5.41) is 0. The molecule has 0 amide bonds. The lowest BCUT2D eigenvalue weighted by Gasteiger charge is -2.11. The maximum absolute atomic E-state index is 14.0. The molecule has 0 atom stereocenters. The number of hydrogen-bond donors (Lipinski definition) is 0. The minimum Gasteiger partial charge on any atom is -0.459 e. The second kappa shape index (κ2) is 5.72. The van der Waals surface area contributed by atoms with Crippen molar-refractivity contribution in [3.63, 3.8) is 0 Å². The van der Waals surface area contributed by atoms with Crippen LogP contribution in [0.1, 0.15) is 24.2 Å². The van der Waals surface area contributed by atoms with Crippen LogP contribution >= 0.6 is 26.6 Å². The van der Waals surface area contributed by atoms with Gasteiger partial charge in [-0.2, -0.15) is 0 Å². The SMILES string of the molecule is CC(C)OC(=O)c1c(F)cc(Br)c(S(=O)(=O)Cl)c1F. The molecule has 0 aromatic heterocycles. The first-order valence-corrected chi connectivity index (χ1v) is 7.99. The number of hydrogen-bond acceptors (Lipinski definition) is 4. The average Bonchev–Trinajstić information content (AvgIpc) is 2.11. The molecule has 0 unspecified atom stereocenters. The highest BCUT2D eigenvalue weighted by molar-refractivity contribution is 9.10. The molecule has 0 fully saturated rings. The van der Waals surface area contributed by atoms with Crippen LogP contribution in [0, 0.1) is 11.6 Å². The molecule has 1 aromatic rings. The van der Waals surface area contributed by atoms with Gasteiger partial charge in [-0.25, -0.2) is 22.0 Å². The molecule has 106 valence electrons. The third kappa shape index (κ3) is 3.64. The van der Waals surface area contributed by atoms with Crippen LogP contribution in [0.25, 0.3) is 0 Å². The van der Waals surface area contributed by atoms with Gasteiger partial charge in [0.2, 0.25) is 0 Å². The van der Waals surface area contributed by atoms with E-state index in [2.05, 4.69) is 20.7 Å². The summed E-state index contributed by atoms with van der Waals surface area (Å²) >= 11 is 2.67. The number of benzene rings is 1. The lowest BCUT2D eigenvalue weighted by atomic mass is 10.2. The Morgan fingerprint density at radius 1 is 1.42 bits per heavy atom. The Balaban J connectivity index is 3.55. The Kier molecular flexibility index (Phi) is 4.91. The first-order chi connectivity index (χ1) is 8.55. The molecular formula is C10H8BrClF2O4S. The van der Waals surface area contributed by atoms with Crippen molar-refractivity contribution in [2.75, 3.05) is 0 Å². The van der Waals surface area contributed by atoms with Crippen LogP contribution in [-0.2, 0) is 13.8 Å². The average molecular weight is 378 g/mol. The Morgan fingerprint density at radius 3 is 2.37 bits per heavy atom. The summed E-state index contributed by atoms with van der Waals surface area (Å²) in [5.74, 6) is -4.15. The van der Waals surface area contributed by atoms with E-state index >= 15 is 0 Å². The normalized spacial score (nSPS) is 11.7. The monoisotopic (exact) mass is 376 g/mol. The number of esters is 1. The summed E-state index contributed by atoms with van der Waals surface area (Å²) in [4.78, 5) is 10.5. The second-order valence-electron chi connectivity index (χ2n) is 3.75. The van der Waals surface area contributed by atoms with Crippen molar-refractivity contribution < 1.29 is 26.7 Å². The quantitative estimate of drug-likeness (QED) is 0.599. The van der Waals surface area contributed by atoms with Gasteiger partial charge in [0.15, 0.2) is 5.82 Å². The minimum absolute atomic E-state index is 0.418. The highest BCUT2D eigenvalue weighted by Gasteiger charge is 2.30. The topological polar surface area (TPSA) is 60.4 Å². The van der Waals surface area contributed by atoms with Crippen LogP contribution in [-0.4, -0.2) is 20.5 Å². The van der Waals surface area contributed by atoms with Gasteiger partial charge in [-0.05, 0) is 35.8 Å². The number of halogens is 4. The van der Waals surface area contributed by atoms with Crippen LogP contribution in [0.15, 0.2) is 15.4 Å². The molecular weight excluding hydrogens is 370 g/mol. The van der Waals surface area contributed by atoms with Gasteiger partial charge in [0.05, 0.1) is 6.10 Å². The van der Waals surface area contributed by atoms with Gasteiger partial charge in [0.1, 0.15) is 16.3 Å². The molecule has 0 N–H and O–H groups in total. The highest BCUT2D eigenvalue weighted by Crippen LogP contribution is 2.32. The largest absolute Gasteiger partial charge is 0.459 e. The van der Waals surface area contributed by atoms with Crippen LogP contribution in [0.3, 0.4) is 0 Å². The predicted octanol–water partition coefficient (Wildman–Crippen LogP) is 3.22. The van der Waals surface area contributed by atoms with Crippen LogP contribution in [0.5, 0.6) is 0 Å². The van der Waals surface area contributed by atoms with Crippen molar-refractivity contribution in [2.24, 2.45) is 0 Å². The fraction of sp³-hybridized carbons (Fsp3) is 0.300. The maximum atomic E-state index is 14.0. The van der Waals surface area contributed by atoms with E-state index in [9.17, 15) is 22.0 Å². The second-order valence-corrected chi connectivity index (χ2v) is 7.11. The van der Waals surface area contributed by atoms with Crippen molar-refractivity contribution in [3.8, 4) is 0 Å². The fourth-order valence-corrected chi connectivity index (χ4v) is 3.61. The lowest BCUT2D eigenvalue weighted by molar-refractivity contribution is 0.0366. The van der Waals surface area contributed by atoms with E-state index in [1.54, 1.807) is 0 Å². The van der Waals surface area contributed by atoms with E-state index in [-0.39, 0.29) is 0 Å². The zero-order valence-electron chi connectivity index (χ0n) is 9.71. The number of ether oxygens (including phenoxy) is 1. The summed E-state index contributed by atoms with van der Waals surface area (Å²) < 4.78 is 54.2. The molecule has 0 spiro atoms. The third-order valence-electron chi connectivity index (χ3n) is 1.92. The van der Waals surface area contributed by atoms with Gasteiger partial charge in [0.25, 0.3) is 9.05 Å². The predicted molar refractivity (Wildman–Crippen MR) is 67.6 cm³/mol. The van der Waals surface area contributed by atoms with Crippen LogP contribution in [0.2, 0.25) is 0 Å². The van der Waals surface area contributed by atoms with E-state index in [1.807, 2.05) is 0 Å². The standard InChI is InChI=1S/C10H8BrClF2O4S/c1-4(2)18-10(15)7-6(13)3-5(11)9(8(7)14)19(12,16)17/h3-4H,1-2H3. The number of carbonyl (C=O) groups excluding carboxylic acids is 1. The molecule has 19 heavy (non-hydrogen) atoms. The summed E-state index contributed by atoms with van der Waals surface area (Å²) in [7, 11) is 0.542. The van der Waals surface area contributed by atoms with Crippen LogP contribution in [0.4, 0.5) is 8.78 Å². The van der Waals surface area contributed by atoms with Crippen molar-refractivity contribution >= 4 is 41.6 Å². The fourth-order valence-electron chi connectivity index (χ4n) is 1.26. The third-order valence-corrected chi connectivity index (χ3v) is 4.16. The molecule has 9 heteroatoms. The van der Waals surface area contributed by atoms with Crippen LogP contribution < -0.4 is 0 Å².